The molecule has 2 unspecified atom stereocenters. The van der Waals surface area contributed by atoms with Crippen LogP contribution in [0.3, 0.4) is 0 Å². The summed E-state index contributed by atoms with van der Waals surface area (Å²) in [6, 6.07) is 0.426. The summed E-state index contributed by atoms with van der Waals surface area (Å²) in [6.45, 7) is 5.89. The van der Waals surface area contributed by atoms with Gasteiger partial charge < -0.3 is 15.5 Å². The Morgan fingerprint density at radius 1 is 1.20 bits per heavy atom. The summed E-state index contributed by atoms with van der Waals surface area (Å²) in [6.07, 6.45) is 0. The molecule has 1 amide bonds. The number of halogens is 1. The first-order valence-electron chi connectivity index (χ1n) is 5.38. The summed E-state index contributed by atoms with van der Waals surface area (Å²) in [5.41, 5.74) is 0. The third-order valence-corrected chi connectivity index (χ3v) is 3.49. The fourth-order valence-electron chi connectivity index (χ4n) is 2.13. The van der Waals surface area contributed by atoms with E-state index in [2.05, 4.69) is 17.6 Å². The highest BCUT2D eigenvalue weighted by Gasteiger charge is 2.35. The number of hydrogen-bond donors (Lipinski definition) is 2. The number of hydrogen-bond acceptors (Lipinski definition) is 3. The van der Waals surface area contributed by atoms with Gasteiger partial charge in [0.1, 0.15) is 0 Å². The van der Waals surface area contributed by atoms with E-state index in [0.717, 1.165) is 26.2 Å². The van der Waals surface area contributed by atoms with E-state index in [-0.39, 0.29) is 18.3 Å². The third kappa shape index (κ3) is 2.44. The minimum Gasteiger partial charge on any atom is -0.340 e. The van der Waals surface area contributed by atoms with Crippen LogP contribution in [-0.4, -0.2) is 50.1 Å². The summed E-state index contributed by atoms with van der Waals surface area (Å²) >= 11 is 0. The van der Waals surface area contributed by atoms with E-state index in [4.69, 9.17) is 0 Å². The fourth-order valence-corrected chi connectivity index (χ4v) is 2.13. The average molecular weight is 234 g/mol. The molecule has 2 atom stereocenters. The number of carbonyl (C=O) groups excluding carboxylic acids is 1. The van der Waals surface area contributed by atoms with E-state index in [1.165, 1.54) is 0 Å². The summed E-state index contributed by atoms with van der Waals surface area (Å²) in [7, 11) is 1.93. The van der Waals surface area contributed by atoms with E-state index >= 15 is 0 Å². The van der Waals surface area contributed by atoms with E-state index < -0.39 is 0 Å². The lowest BCUT2D eigenvalue weighted by Crippen LogP contribution is -2.58. The fraction of sp³-hybridized carbons (Fsp3) is 0.900. The van der Waals surface area contributed by atoms with Gasteiger partial charge in [-0.3, -0.25) is 4.79 Å². The van der Waals surface area contributed by atoms with Gasteiger partial charge in [0.05, 0.1) is 12.0 Å². The maximum atomic E-state index is 12.0. The van der Waals surface area contributed by atoms with Crippen molar-refractivity contribution in [3.63, 3.8) is 0 Å². The third-order valence-electron chi connectivity index (χ3n) is 3.49. The first kappa shape index (κ1) is 12.7. The first-order chi connectivity index (χ1) is 6.70. The summed E-state index contributed by atoms with van der Waals surface area (Å²) in [5.74, 6) is 0.993. The standard InChI is InChI=1S/C10H19N3O.ClH/c1-7-3-11-6-9(7)10(14)13(2)8-4-12-5-8;/h7-9,11-12H,3-6H2,1-2H3;1H. The topological polar surface area (TPSA) is 44.4 Å². The molecule has 0 aromatic heterocycles. The maximum Gasteiger partial charge on any atom is 0.227 e. The second-order valence-electron chi connectivity index (χ2n) is 4.50. The molecular formula is C10H20ClN3O. The Kier molecular flexibility index (Phi) is 4.37. The number of likely N-dealkylation sites (N-methyl/N-ethyl adjacent to an activating group) is 1. The van der Waals surface area contributed by atoms with Crippen molar-refractivity contribution in [3.8, 4) is 0 Å². The zero-order chi connectivity index (χ0) is 10.1. The highest BCUT2D eigenvalue weighted by atomic mass is 35.5. The van der Waals surface area contributed by atoms with Crippen molar-refractivity contribution >= 4 is 18.3 Å². The van der Waals surface area contributed by atoms with Crippen LogP contribution in [0.1, 0.15) is 6.92 Å². The number of nitrogens with one attached hydrogen (secondary N) is 2. The Morgan fingerprint density at radius 3 is 2.20 bits per heavy atom. The Bertz CT molecular complexity index is 233. The van der Waals surface area contributed by atoms with Gasteiger partial charge in [-0.05, 0) is 12.5 Å². The van der Waals surface area contributed by atoms with Gasteiger partial charge in [-0.15, -0.1) is 12.4 Å². The predicted molar refractivity (Wildman–Crippen MR) is 62.2 cm³/mol. The molecule has 0 spiro atoms. The van der Waals surface area contributed by atoms with Crippen molar-refractivity contribution in [2.45, 2.75) is 13.0 Å². The van der Waals surface area contributed by atoms with Crippen molar-refractivity contribution in [1.82, 2.24) is 15.5 Å². The smallest absolute Gasteiger partial charge is 0.227 e. The monoisotopic (exact) mass is 233 g/mol. The molecule has 2 aliphatic rings. The molecule has 2 aliphatic heterocycles. The molecule has 0 radical (unpaired) electrons. The zero-order valence-corrected chi connectivity index (χ0v) is 10.1. The van der Waals surface area contributed by atoms with E-state index in [0.29, 0.717) is 17.9 Å². The lowest BCUT2D eigenvalue weighted by molar-refractivity contribution is -0.137. The Balaban J connectivity index is 0.00000112. The second kappa shape index (κ2) is 5.14. The van der Waals surface area contributed by atoms with Gasteiger partial charge in [0.2, 0.25) is 5.91 Å². The maximum absolute atomic E-state index is 12.0. The highest BCUT2D eigenvalue weighted by Crippen LogP contribution is 2.19. The SMILES string of the molecule is CC1CNCC1C(=O)N(C)C1CNC1.Cl. The molecule has 88 valence electrons. The Labute approximate surface area is 97.2 Å². The van der Waals surface area contributed by atoms with Crippen molar-refractivity contribution in [3.05, 3.63) is 0 Å². The lowest BCUT2D eigenvalue weighted by atomic mass is 9.95. The van der Waals surface area contributed by atoms with Crippen LogP contribution in [0, 0.1) is 11.8 Å². The second-order valence-corrected chi connectivity index (χ2v) is 4.50. The lowest BCUT2D eigenvalue weighted by Gasteiger charge is -2.37. The van der Waals surface area contributed by atoms with Gasteiger partial charge in [-0.2, -0.15) is 0 Å². The molecule has 0 bridgehead atoms. The van der Waals surface area contributed by atoms with Crippen LogP contribution in [0.5, 0.6) is 0 Å². The molecule has 0 aromatic carbocycles. The molecule has 15 heavy (non-hydrogen) atoms. The average Bonchev–Trinajstić information content (AvgIpc) is 2.47. The van der Waals surface area contributed by atoms with E-state index in [1.54, 1.807) is 0 Å². The van der Waals surface area contributed by atoms with Gasteiger partial charge in [0.25, 0.3) is 0 Å². The van der Waals surface area contributed by atoms with Gasteiger partial charge in [0, 0.05) is 26.7 Å². The molecule has 2 saturated heterocycles. The molecule has 2 heterocycles. The normalized spacial score (nSPS) is 30.5. The number of carbonyl (C=O) groups is 1. The molecule has 2 rings (SSSR count). The number of amides is 1. The minimum atomic E-state index is 0. The first-order valence-corrected chi connectivity index (χ1v) is 5.38. The Morgan fingerprint density at radius 2 is 1.80 bits per heavy atom. The van der Waals surface area contributed by atoms with Gasteiger partial charge >= 0.3 is 0 Å². The van der Waals surface area contributed by atoms with E-state index in [9.17, 15) is 4.79 Å². The minimum absolute atomic E-state index is 0. The van der Waals surface area contributed by atoms with Gasteiger partial charge in [-0.1, -0.05) is 6.92 Å². The Hall–Kier alpha value is -0.320. The summed E-state index contributed by atoms with van der Waals surface area (Å²) in [5, 5.41) is 6.46. The molecule has 0 aromatic rings. The molecule has 2 N–H and O–H groups in total. The van der Waals surface area contributed by atoms with Gasteiger partial charge in [-0.25, -0.2) is 0 Å². The summed E-state index contributed by atoms with van der Waals surface area (Å²) < 4.78 is 0. The molecule has 2 fully saturated rings. The molecule has 4 nitrogen and oxygen atoms in total. The quantitative estimate of drug-likeness (QED) is 0.688. The molecular weight excluding hydrogens is 214 g/mol. The van der Waals surface area contributed by atoms with Crippen molar-refractivity contribution in [1.29, 1.82) is 0 Å². The predicted octanol–water partition coefficient (Wildman–Crippen LogP) is -0.306. The van der Waals surface area contributed by atoms with Crippen LogP contribution in [0.15, 0.2) is 0 Å². The van der Waals surface area contributed by atoms with Gasteiger partial charge in [0.15, 0.2) is 0 Å². The van der Waals surface area contributed by atoms with Crippen LogP contribution in [-0.2, 0) is 4.79 Å². The molecule has 5 heteroatoms. The van der Waals surface area contributed by atoms with Crippen LogP contribution in [0.25, 0.3) is 0 Å². The molecule has 0 saturated carbocycles. The van der Waals surface area contributed by atoms with Crippen molar-refractivity contribution < 1.29 is 4.79 Å². The van der Waals surface area contributed by atoms with E-state index in [1.807, 2.05) is 11.9 Å². The molecule has 0 aliphatic carbocycles. The summed E-state index contributed by atoms with van der Waals surface area (Å²) in [4.78, 5) is 14.0. The van der Waals surface area contributed by atoms with Crippen LogP contribution >= 0.6 is 12.4 Å². The zero-order valence-electron chi connectivity index (χ0n) is 9.32. The number of nitrogens with zero attached hydrogens (tertiary/aromatic N) is 1. The van der Waals surface area contributed by atoms with Crippen LogP contribution < -0.4 is 10.6 Å². The number of rotatable bonds is 2. The largest absolute Gasteiger partial charge is 0.340 e. The highest BCUT2D eigenvalue weighted by molar-refractivity contribution is 5.85. The van der Waals surface area contributed by atoms with Crippen molar-refractivity contribution in [2.24, 2.45) is 11.8 Å². The van der Waals surface area contributed by atoms with Crippen molar-refractivity contribution in [2.75, 3.05) is 33.2 Å². The van der Waals surface area contributed by atoms with Crippen LogP contribution in [0.4, 0.5) is 0 Å². The van der Waals surface area contributed by atoms with Crippen LogP contribution in [0.2, 0.25) is 0 Å².